The molecule has 0 aliphatic heterocycles. The summed E-state index contributed by atoms with van der Waals surface area (Å²) in [4.78, 5) is 0. The van der Waals surface area contributed by atoms with Crippen molar-refractivity contribution in [2.75, 3.05) is 0 Å². The Morgan fingerprint density at radius 2 is 2.33 bits per heavy atom. The van der Waals surface area contributed by atoms with Crippen LogP contribution in [-0.2, 0) is 0 Å². The van der Waals surface area contributed by atoms with E-state index in [-0.39, 0.29) is 0 Å². The lowest BCUT2D eigenvalue weighted by atomic mass is 10.4. The van der Waals surface area contributed by atoms with E-state index in [4.69, 9.17) is 11.6 Å². The van der Waals surface area contributed by atoms with E-state index < -0.39 is 0 Å². The van der Waals surface area contributed by atoms with Gasteiger partial charge in [-0.25, -0.2) is 4.68 Å². The monoisotopic (exact) mass is 180 g/mol. The predicted molar refractivity (Wildman–Crippen MR) is 51.7 cm³/mol. The average Bonchev–Trinajstić information content (AvgIpc) is 2.51. The first kappa shape index (κ1) is 8.81. The van der Waals surface area contributed by atoms with Gasteiger partial charge < -0.3 is 0 Å². The Morgan fingerprint density at radius 1 is 1.58 bits per heavy atom. The minimum atomic E-state index is 0.459. The molecule has 0 aromatic carbocycles. The standard InChI is InChI=1S/C9H9ClN2/c1-3-9(7-8(2)10)12-6-4-5-11-12/h3-7H,1-2H2. The van der Waals surface area contributed by atoms with Crippen LogP contribution >= 0.6 is 11.6 Å². The first-order chi connectivity index (χ1) is 5.74. The van der Waals surface area contributed by atoms with Crippen LogP contribution in [0.15, 0.2) is 48.8 Å². The number of hydrogen-bond donors (Lipinski definition) is 0. The second-order valence-corrected chi connectivity index (χ2v) is 2.66. The molecule has 1 rings (SSSR count). The van der Waals surface area contributed by atoms with Crippen LogP contribution in [-0.4, -0.2) is 9.78 Å². The lowest BCUT2D eigenvalue weighted by molar-refractivity contribution is 0.910. The van der Waals surface area contributed by atoms with E-state index in [1.54, 1.807) is 23.0 Å². The molecule has 1 aromatic heterocycles. The molecule has 0 atom stereocenters. The molecule has 0 saturated carbocycles. The second kappa shape index (κ2) is 3.93. The molecule has 3 heteroatoms. The molecule has 0 spiro atoms. The summed E-state index contributed by atoms with van der Waals surface area (Å²) < 4.78 is 1.67. The number of aromatic nitrogens is 2. The number of nitrogens with zero attached hydrogens (tertiary/aromatic N) is 2. The largest absolute Gasteiger partial charge is 0.241 e. The Kier molecular flexibility index (Phi) is 2.88. The summed E-state index contributed by atoms with van der Waals surface area (Å²) in [5.74, 6) is 0. The molecule has 0 aliphatic carbocycles. The lowest BCUT2D eigenvalue weighted by Crippen LogP contribution is -1.93. The molecule has 1 aromatic rings. The first-order valence-corrected chi connectivity index (χ1v) is 3.80. The van der Waals surface area contributed by atoms with Gasteiger partial charge >= 0.3 is 0 Å². The van der Waals surface area contributed by atoms with E-state index in [1.807, 2.05) is 12.3 Å². The quantitative estimate of drug-likeness (QED) is 0.654. The van der Waals surface area contributed by atoms with E-state index >= 15 is 0 Å². The molecule has 62 valence electrons. The summed E-state index contributed by atoms with van der Waals surface area (Å²) in [6.45, 7) is 7.19. The van der Waals surface area contributed by atoms with Crippen LogP contribution in [0.1, 0.15) is 0 Å². The highest BCUT2D eigenvalue weighted by molar-refractivity contribution is 6.31. The van der Waals surface area contributed by atoms with Gasteiger partial charge in [0.2, 0.25) is 0 Å². The fourth-order valence-corrected chi connectivity index (χ4v) is 0.912. The van der Waals surface area contributed by atoms with E-state index in [9.17, 15) is 0 Å². The molecule has 0 aliphatic rings. The van der Waals surface area contributed by atoms with E-state index in [0.29, 0.717) is 5.03 Å². The normalized spacial score (nSPS) is 11.2. The predicted octanol–water partition coefficient (Wildman–Crippen LogP) is 2.66. The summed E-state index contributed by atoms with van der Waals surface area (Å²) in [7, 11) is 0. The van der Waals surface area contributed by atoms with Crippen LogP contribution < -0.4 is 0 Å². The topological polar surface area (TPSA) is 17.8 Å². The van der Waals surface area contributed by atoms with Crippen molar-refractivity contribution in [2.45, 2.75) is 0 Å². The van der Waals surface area contributed by atoms with Crippen molar-refractivity contribution in [2.24, 2.45) is 0 Å². The third-order valence-corrected chi connectivity index (χ3v) is 1.39. The van der Waals surface area contributed by atoms with Crippen molar-refractivity contribution < 1.29 is 0 Å². The van der Waals surface area contributed by atoms with Crippen LogP contribution in [0, 0.1) is 0 Å². The molecule has 12 heavy (non-hydrogen) atoms. The van der Waals surface area contributed by atoms with Crippen LogP contribution in [0.2, 0.25) is 0 Å². The average molecular weight is 181 g/mol. The zero-order valence-corrected chi connectivity index (χ0v) is 7.33. The second-order valence-electron chi connectivity index (χ2n) is 2.17. The highest BCUT2D eigenvalue weighted by Gasteiger charge is 1.94. The van der Waals surface area contributed by atoms with Gasteiger partial charge in [0.1, 0.15) is 0 Å². The molecule has 1 heterocycles. The minimum absolute atomic E-state index is 0.459. The van der Waals surface area contributed by atoms with Crippen LogP contribution in [0.4, 0.5) is 0 Å². The van der Waals surface area contributed by atoms with Crippen molar-refractivity contribution in [3.05, 3.63) is 48.8 Å². The zero-order chi connectivity index (χ0) is 8.97. The molecular weight excluding hydrogens is 172 g/mol. The first-order valence-electron chi connectivity index (χ1n) is 3.42. The van der Waals surface area contributed by atoms with Crippen molar-refractivity contribution >= 4 is 17.3 Å². The van der Waals surface area contributed by atoms with Gasteiger partial charge in [0.25, 0.3) is 0 Å². The Hall–Kier alpha value is -1.28. The molecule has 0 fully saturated rings. The smallest absolute Gasteiger partial charge is 0.0654 e. The number of allylic oxidation sites excluding steroid dienone is 4. The van der Waals surface area contributed by atoms with Gasteiger partial charge in [-0.1, -0.05) is 24.8 Å². The van der Waals surface area contributed by atoms with E-state index in [2.05, 4.69) is 18.3 Å². The highest BCUT2D eigenvalue weighted by atomic mass is 35.5. The fraction of sp³-hybridized carbons (Fsp3) is 0. The van der Waals surface area contributed by atoms with Gasteiger partial charge in [0.15, 0.2) is 0 Å². The van der Waals surface area contributed by atoms with Gasteiger partial charge in [0.05, 0.1) is 5.70 Å². The van der Waals surface area contributed by atoms with Crippen LogP contribution in [0.5, 0.6) is 0 Å². The summed E-state index contributed by atoms with van der Waals surface area (Å²) in [6, 6.07) is 1.83. The minimum Gasteiger partial charge on any atom is -0.241 e. The highest BCUT2D eigenvalue weighted by Crippen LogP contribution is 2.09. The molecule has 0 amide bonds. The molecule has 0 saturated heterocycles. The van der Waals surface area contributed by atoms with Crippen molar-refractivity contribution in [1.29, 1.82) is 0 Å². The summed E-state index contributed by atoms with van der Waals surface area (Å²) in [6.07, 6.45) is 6.86. The number of halogens is 1. The Bertz CT molecular complexity index is 309. The molecule has 0 N–H and O–H groups in total. The van der Waals surface area contributed by atoms with Crippen molar-refractivity contribution in [3.63, 3.8) is 0 Å². The van der Waals surface area contributed by atoms with E-state index in [1.165, 1.54) is 0 Å². The third kappa shape index (κ3) is 2.10. The molecule has 0 unspecified atom stereocenters. The summed E-state index contributed by atoms with van der Waals surface area (Å²) >= 11 is 5.61. The SMILES string of the molecule is C=CC(=CC(=C)Cl)n1cccn1. The Balaban J connectivity index is 2.98. The Labute approximate surface area is 76.5 Å². The molecule has 0 radical (unpaired) electrons. The fourth-order valence-electron chi connectivity index (χ4n) is 0.801. The number of hydrogen-bond acceptors (Lipinski definition) is 1. The molecule has 2 nitrogen and oxygen atoms in total. The molecular formula is C9H9ClN2. The van der Waals surface area contributed by atoms with Gasteiger partial charge in [0, 0.05) is 17.4 Å². The third-order valence-electron chi connectivity index (χ3n) is 1.28. The molecule has 0 bridgehead atoms. The van der Waals surface area contributed by atoms with Gasteiger partial charge in [-0.15, -0.1) is 0 Å². The van der Waals surface area contributed by atoms with Crippen LogP contribution in [0.3, 0.4) is 0 Å². The number of rotatable bonds is 3. The zero-order valence-electron chi connectivity index (χ0n) is 6.57. The Morgan fingerprint density at radius 3 is 2.75 bits per heavy atom. The maximum atomic E-state index is 5.61. The van der Waals surface area contributed by atoms with E-state index in [0.717, 1.165) is 5.70 Å². The lowest BCUT2D eigenvalue weighted by Gasteiger charge is -1.99. The summed E-state index contributed by atoms with van der Waals surface area (Å²) in [5.41, 5.74) is 0.806. The maximum Gasteiger partial charge on any atom is 0.0654 e. The van der Waals surface area contributed by atoms with Gasteiger partial charge in [-0.2, -0.15) is 5.10 Å². The maximum absolute atomic E-state index is 5.61. The summed E-state index contributed by atoms with van der Waals surface area (Å²) in [5, 5.41) is 4.48. The van der Waals surface area contributed by atoms with Crippen LogP contribution in [0.25, 0.3) is 5.70 Å². The van der Waals surface area contributed by atoms with Crippen molar-refractivity contribution in [3.8, 4) is 0 Å². The van der Waals surface area contributed by atoms with Gasteiger partial charge in [-0.05, 0) is 18.2 Å². The van der Waals surface area contributed by atoms with Crippen molar-refractivity contribution in [1.82, 2.24) is 9.78 Å². The van der Waals surface area contributed by atoms with Gasteiger partial charge in [-0.3, -0.25) is 0 Å².